The van der Waals surface area contributed by atoms with Crippen LogP contribution in [-0.4, -0.2) is 49.2 Å². The number of hydrogen-bond acceptors (Lipinski definition) is 6. The SMILES string of the molecule is O=S(=O)(Cc1cc2c(cc1F)[C@H](CN1CC[C@@H](C(F)(F)F)C[C@H]1c1ccc(F)cc1)CCO2)Nc1ncccn1. The molecular formula is C27H27F5N4O3S. The molecule has 0 bridgehead atoms. The highest BCUT2D eigenvalue weighted by atomic mass is 32.2. The molecule has 2 aliphatic heterocycles. The second kappa shape index (κ2) is 11.3. The van der Waals surface area contributed by atoms with Crippen LogP contribution >= 0.6 is 0 Å². The smallest absolute Gasteiger partial charge is 0.391 e. The molecule has 3 atom stereocenters. The zero-order chi connectivity index (χ0) is 28.5. The lowest BCUT2D eigenvalue weighted by Crippen LogP contribution is -2.43. The normalized spacial score (nSPS) is 21.9. The van der Waals surface area contributed by atoms with E-state index in [1.807, 2.05) is 4.90 Å². The average Bonchev–Trinajstić information content (AvgIpc) is 2.90. The maximum atomic E-state index is 15.2. The number of anilines is 1. The summed E-state index contributed by atoms with van der Waals surface area (Å²) >= 11 is 0. The Balaban J connectivity index is 1.36. The van der Waals surface area contributed by atoms with Gasteiger partial charge in [-0.15, -0.1) is 0 Å². The van der Waals surface area contributed by atoms with Gasteiger partial charge < -0.3 is 4.74 Å². The topological polar surface area (TPSA) is 84.4 Å². The van der Waals surface area contributed by atoms with Crippen LogP contribution < -0.4 is 9.46 Å². The van der Waals surface area contributed by atoms with E-state index in [9.17, 15) is 26.0 Å². The summed E-state index contributed by atoms with van der Waals surface area (Å²) in [6.45, 7) is 0.795. The van der Waals surface area contributed by atoms with Gasteiger partial charge in [-0.2, -0.15) is 13.2 Å². The molecule has 2 aromatic carbocycles. The maximum Gasteiger partial charge on any atom is 0.391 e. The number of halogens is 5. The van der Waals surface area contributed by atoms with Crippen molar-refractivity contribution in [3.05, 3.63) is 83.2 Å². The van der Waals surface area contributed by atoms with Crippen LogP contribution in [0.25, 0.3) is 0 Å². The van der Waals surface area contributed by atoms with Gasteiger partial charge in [0.2, 0.25) is 16.0 Å². The van der Waals surface area contributed by atoms with Crippen molar-refractivity contribution in [2.45, 2.75) is 43.2 Å². The Morgan fingerprint density at radius 2 is 1.77 bits per heavy atom. The number of alkyl halides is 3. The Labute approximate surface area is 228 Å². The Morgan fingerprint density at radius 1 is 1.05 bits per heavy atom. The summed E-state index contributed by atoms with van der Waals surface area (Å²) in [5.41, 5.74) is 1.02. The van der Waals surface area contributed by atoms with Crippen molar-refractivity contribution in [2.24, 2.45) is 5.92 Å². The largest absolute Gasteiger partial charge is 0.493 e. The van der Waals surface area contributed by atoms with Crippen molar-refractivity contribution in [3.63, 3.8) is 0 Å². The van der Waals surface area contributed by atoms with E-state index in [-0.39, 0.29) is 43.4 Å². The van der Waals surface area contributed by atoms with E-state index < -0.39 is 45.5 Å². The van der Waals surface area contributed by atoms with Crippen molar-refractivity contribution >= 4 is 16.0 Å². The van der Waals surface area contributed by atoms with Gasteiger partial charge >= 0.3 is 6.18 Å². The molecule has 0 aliphatic carbocycles. The molecule has 3 heterocycles. The van der Waals surface area contributed by atoms with E-state index in [2.05, 4.69) is 14.7 Å². The van der Waals surface area contributed by atoms with Gasteiger partial charge in [-0.3, -0.25) is 9.62 Å². The first-order valence-corrected chi connectivity index (χ1v) is 14.4. The number of nitrogens with one attached hydrogen (secondary N) is 1. The number of aromatic nitrogens is 2. The van der Waals surface area contributed by atoms with Crippen molar-refractivity contribution in [3.8, 4) is 5.75 Å². The van der Waals surface area contributed by atoms with E-state index in [4.69, 9.17) is 4.74 Å². The number of piperidine rings is 1. The van der Waals surface area contributed by atoms with Crippen molar-refractivity contribution in [1.82, 2.24) is 14.9 Å². The molecule has 214 valence electrons. The standard InChI is InChI=1S/C27H27F5N4O3S/c28-21-4-2-17(3-5-21)24-13-20(27(30,31)32)6-10-36(24)15-18-7-11-39-25-12-19(23(29)14-22(18)25)16-40(37,38)35-26-33-8-1-9-34-26/h1-5,8-9,12,14,18,20,24H,6-7,10-11,13,15-16H2,(H,33,34,35)/t18-,20+,24-/m0/s1. The average molecular weight is 583 g/mol. The summed E-state index contributed by atoms with van der Waals surface area (Å²) in [6, 6.07) is 9.02. The Bertz CT molecular complexity index is 1440. The third-order valence-corrected chi connectivity index (χ3v) is 8.57. The van der Waals surface area contributed by atoms with Crippen LogP contribution in [-0.2, 0) is 15.8 Å². The van der Waals surface area contributed by atoms with Gasteiger partial charge in [-0.1, -0.05) is 12.1 Å². The van der Waals surface area contributed by atoms with E-state index in [0.717, 1.165) is 0 Å². The molecule has 13 heteroatoms. The number of likely N-dealkylation sites (tertiary alicyclic amines) is 1. The lowest BCUT2D eigenvalue weighted by molar-refractivity contribution is -0.190. The molecule has 0 saturated carbocycles. The maximum absolute atomic E-state index is 15.2. The summed E-state index contributed by atoms with van der Waals surface area (Å²) in [5, 5.41) is 0. The summed E-state index contributed by atoms with van der Waals surface area (Å²) in [7, 11) is -4.03. The second-order valence-corrected chi connectivity index (χ2v) is 11.8. The van der Waals surface area contributed by atoms with Gasteiger partial charge in [-0.25, -0.2) is 27.2 Å². The zero-order valence-corrected chi connectivity index (χ0v) is 22.1. The monoisotopic (exact) mass is 582 g/mol. The molecule has 40 heavy (non-hydrogen) atoms. The first-order valence-electron chi connectivity index (χ1n) is 12.8. The number of sulfonamides is 1. The van der Waals surface area contributed by atoms with E-state index in [0.29, 0.717) is 29.8 Å². The molecule has 5 rings (SSSR count). The molecule has 2 aliphatic rings. The van der Waals surface area contributed by atoms with Gasteiger partial charge in [0.1, 0.15) is 17.4 Å². The highest BCUT2D eigenvalue weighted by Crippen LogP contribution is 2.44. The zero-order valence-electron chi connectivity index (χ0n) is 21.2. The molecule has 1 aromatic heterocycles. The first-order chi connectivity index (χ1) is 19.0. The molecule has 1 fully saturated rings. The summed E-state index contributed by atoms with van der Waals surface area (Å²) in [5.74, 6) is -3.42. The number of fused-ring (bicyclic) bond motifs is 1. The van der Waals surface area contributed by atoms with Crippen LogP contribution in [0.3, 0.4) is 0 Å². The Kier molecular flexibility index (Phi) is 7.96. The lowest BCUT2D eigenvalue weighted by Gasteiger charge is -2.42. The second-order valence-electron chi connectivity index (χ2n) is 10.1. The fourth-order valence-corrected chi connectivity index (χ4v) is 6.48. The van der Waals surface area contributed by atoms with Crippen LogP contribution in [0.5, 0.6) is 5.75 Å². The van der Waals surface area contributed by atoms with Crippen LogP contribution in [0.4, 0.5) is 27.9 Å². The molecule has 0 unspecified atom stereocenters. The number of nitrogens with zero attached hydrogens (tertiary/aromatic N) is 3. The first kappa shape index (κ1) is 28.2. The third kappa shape index (κ3) is 6.52. The molecule has 0 radical (unpaired) electrons. The number of ether oxygens (including phenoxy) is 1. The molecule has 1 saturated heterocycles. The summed E-state index contributed by atoms with van der Waals surface area (Å²) < 4.78 is 103. The van der Waals surface area contributed by atoms with Gasteiger partial charge in [0.25, 0.3) is 0 Å². The van der Waals surface area contributed by atoms with Gasteiger partial charge in [0.05, 0.1) is 18.3 Å². The van der Waals surface area contributed by atoms with Crippen molar-refractivity contribution in [2.75, 3.05) is 24.4 Å². The minimum Gasteiger partial charge on any atom is -0.493 e. The van der Waals surface area contributed by atoms with Crippen molar-refractivity contribution < 1.29 is 35.1 Å². The van der Waals surface area contributed by atoms with Crippen LogP contribution in [0.15, 0.2) is 54.9 Å². The number of benzene rings is 2. The minimum absolute atomic E-state index is 0.0689. The minimum atomic E-state index is -4.34. The van der Waals surface area contributed by atoms with E-state index in [1.54, 1.807) is 0 Å². The third-order valence-electron chi connectivity index (χ3n) is 7.39. The highest BCUT2D eigenvalue weighted by Gasteiger charge is 2.45. The molecule has 3 aromatic rings. The molecule has 7 nitrogen and oxygen atoms in total. The predicted octanol–water partition coefficient (Wildman–Crippen LogP) is 5.58. The Hall–Kier alpha value is -3.32. The summed E-state index contributed by atoms with van der Waals surface area (Å²) in [6.07, 6.45) is -1.33. The van der Waals surface area contributed by atoms with Gasteiger partial charge in [-0.05, 0) is 61.7 Å². The lowest BCUT2D eigenvalue weighted by atomic mass is 9.84. The quantitative estimate of drug-likeness (QED) is 0.367. The van der Waals surface area contributed by atoms with E-state index in [1.165, 1.54) is 54.9 Å². The predicted molar refractivity (Wildman–Crippen MR) is 137 cm³/mol. The van der Waals surface area contributed by atoms with Crippen molar-refractivity contribution in [1.29, 1.82) is 0 Å². The fourth-order valence-electron chi connectivity index (χ4n) is 5.40. The van der Waals surface area contributed by atoms with E-state index >= 15 is 4.39 Å². The fraction of sp³-hybridized carbons (Fsp3) is 0.407. The van der Waals surface area contributed by atoms with Crippen LogP contribution in [0, 0.1) is 17.6 Å². The number of hydrogen-bond donors (Lipinski definition) is 1. The van der Waals surface area contributed by atoms with Gasteiger partial charge in [0, 0.05) is 42.0 Å². The molecule has 0 amide bonds. The highest BCUT2D eigenvalue weighted by molar-refractivity contribution is 7.91. The summed E-state index contributed by atoms with van der Waals surface area (Å²) in [4.78, 5) is 9.56. The molecule has 0 spiro atoms. The number of rotatable bonds is 7. The molecule has 1 N–H and O–H groups in total. The van der Waals surface area contributed by atoms with Crippen LogP contribution in [0.1, 0.15) is 47.9 Å². The Morgan fingerprint density at radius 3 is 2.48 bits per heavy atom. The molecular weight excluding hydrogens is 555 g/mol. The van der Waals surface area contributed by atoms with Gasteiger partial charge in [0.15, 0.2) is 0 Å². The van der Waals surface area contributed by atoms with Crippen LogP contribution in [0.2, 0.25) is 0 Å².